The van der Waals surface area contributed by atoms with Crippen LogP contribution in [0.25, 0.3) is 11.0 Å². The van der Waals surface area contributed by atoms with Crippen LogP contribution in [-0.2, 0) is 0 Å². The van der Waals surface area contributed by atoms with Gasteiger partial charge >= 0.3 is 0 Å². The number of nitrogens with one attached hydrogen (secondary N) is 2. The number of aromatic amines is 1. The summed E-state index contributed by atoms with van der Waals surface area (Å²) in [6, 6.07) is 8.21. The van der Waals surface area contributed by atoms with Crippen molar-refractivity contribution in [3.05, 3.63) is 40.9 Å². The Hall–Kier alpha value is -2.80. The summed E-state index contributed by atoms with van der Waals surface area (Å²) in [7, 11) is 2.99. The first kappa shape index (κ1) is 15.1. The monoisotopic (exact) mass is 332 g/mol. The largest absolute Gasteiger partial charge is 0.495 e. The number of amides is 1. The number of anilines is 1. The van der Waals surface area contributed by atoms with E-state index in [1.807, 2.05) is 0 Å². The van der Waals surface area contributed by atoms with E-state index in [2.05, 4.69) is 20.7 Å². The minimum absolute atomic E-state index is 0.308. The van der Waals surface area contributed by atoms with E-state index >= 15 is 0 Å². The number of benzene rings is 2. The highest BCUT2D eigenvalue weighted by Crippen LogP contribution is 2.36. The van der Waals surface area contributed by atoms with Gasteiger partial charge in [-0.05, 0) is 18.2 Å². The second kappa shape index (κ2) is 6.13. The first-order valence-electron chi connectivity index (χ1n) is 6.66. The molecular weight excluding hydrogens is 320 g/mol. The molecule has 0 aliphatic carbocycles. The zero-order valence-electron chi connectivity index (χ0n) is 12.4. The number of fused-ring (bicyclic) bond motifs is 1. The molecule has 0 saturated heterocycles. The van der Waals surface area contributed by atoms with Crippen LogP contribution in [0.4, 0.5) is 5.69 Å². The van der Waals surface area contributed by atoms with Gasteiger partial charge in [0.1, 0.15) is 22.5 Å². The summed E-state index contributed by atoms with van der Waals surface area (Å²) < 4.78 is 10.4. The van der Waals surface area contributed by atoms with Gasteiger partial charge in [-0.1, -0.05) is 11.6 Å². The van der Waals surface area contributed by atoms with Crippen molar-refractivity contribution in [2.45, 2.75) is 0 Å². The van der Waals surface area contributed by atoms with Crippen molar-refractivity contribution >= 4 is 34.2 Å². The molecule has 1 heterocycles. The number of aromatic nitrogens is 3. The fraction of sp³-hybridized carbons (Fsp3) is 0.133. The van der Waals surface area contributed by atoms with Crippen molar-refractivity contribution in [1.82, 2.24) is 15.4 Å². The molecule has 0 aliphatic heterocycles. The molecule has 0 fully saturated rings. The summed E-state index contributed by atoms with van der Waals surface area (Å²) in [6.45, 7) is 0. The lowest BCUT2D eigenvalue weighted by atomic mass is 10.1. The van der Waals surface area contributed by atoms with Crippen LogP contribution in [0.5, 0.6) is 11.5 Å². The minimum atomic E-state index is -0.308. The van der Waals surface area contributed by atoms with E-state index in [9.17, 15) is 4.79 Å². The number of nitrogens with zero attached hydrogens (tertiary/aromatic N) is 2. The molecule has 1 aromatic heterocycles. The summed E-state index contributed by atoms with van der Waals surface area (Å²) in [5.74, 6) is 0.568. The third-order valence-corrected chi connectivity index (χ3v) is 3.60. The van der Waals surface area contributed by atoms with Crippen molar-refractivity contribution in [3.8, 4) is 11.5 Å². The fourth-order valence-corrected chi connectivity index (χ4v) is 2.36. The second-order valence-corrected chi connectivity index (χ2v) is 5.08. The van der Waals surface area contributed by atoms with Crippen LogP contribution in [0, 0.1) is 0 Å². The van der Waals surface area contributed by atoms with Gasteiger partial charge in [-0.2, -0.15) is 15.4 Å². The maximum Gasteiger partial charge on any atom is 0.255 e. The molecule has 3 aromatic rings. The lowest BCUT2D eigenvalue weighted by Crippen LogP contribution is -2.12. The molecule has 1 amide bonds. The first-order chi connectivity index (χ1) is 11.1. The van der Waals surface area contributed by atoms with Crippen LogP contribution >= 0.6 is 11.6 Å². The maximum absolute atomic E-state index is 12.4. The summed E-state index contributed by atoms with van der Waals surface area (Å²) in [4.78, 5) is 12.4. The highest BCUT2D eigenvalue weighted by atomic mass is 35.5. The van der Waals surface area contributed by atoms with Crippen LogP contribution in [-0.4, -0.2) is 35.5 Å². The van der Waals surface area contributed by atoms with Crippen molar-refractivity contribution in [3.63, 3.8) is 0 Å². The van der Waals surface area contributed by atoms with E-state index in [0.29, 0.717) is 38.8 Å². The van der Waals surface area contributed by atoms with E-state index in [-0.39, 0.29) is 5.91 Å². The van der Waals surface area contributed by atoms with Gasteiger partial charge in [0.2, 0.25) is 0 Å². The standard InChI is InChI=1S/C15H13ClN4O3/c1-22-13-7-12(14(23-2)6-9(13)16)17-15(21)8-3-4-10-11(5-8)19-20-18-10/h3-7H,1-2H3,(H,17,21)(H,18,19,20). The zero-order chi connectivity index (χ0) is 16.4. The van der Waals surface area contributed by atoms with Crippen LogP contribution in [0.1, 0.15) is 10.4 Å². The Morgan fingerprint density at radius 1 is 1.09 bits per heavy atom. The number of H-pyrrole nitrogens is 1. The van der Waals surface area contributed by atoms with Gasteiger partial charge in [0, 0.05) is 17.7 Å². The Labute approximate surface area is 136 Å². The molecule has 2 aromatic carbocycles. The van der Waals surface area contributed by atoms with E-state index in [0.717, 1.165) is 0 Å². The van der Waals surface area contributed by atoms with Gasteiger partial charge in [0.25, 0.3) is 5.91 Å². The smallest absolute Gasteiger partial charge is 0.255 e. The highest BCUT2D eigenvalue weighted by molar-refractivity contribution is 6.32. The number of carbonyl (C=O) groups excluding carboxylic acids is 1. The lowest BCUT2D eigenvalue weighted by molar-refractivity contribution is 0.102. The molecule has 0 spiro atoms. The number of halogens is 1. The van der Waals surface area contributed by atoms with Gasteiger partial charge in [-0.25, -0.2) is 0 Å². The van der Waals surface area contributed by atoms with E-state index in [4.69, 9.17) is 21.1 Å². The highest BCUT2D eigenvalue weighted by Gasteiger charge is 2.14. The topological polar surface area (TPSA) is 89.1 Å². The van der Waals surface area contributed by atoms with Crippen molar-refractivity contribution in [2.75, 3.05) is 19.5 Å². The number of carbonyl (C=O) groups is 1. The summed E-state index contributed by atoms with van der Waals surface area (Å²) >= 11 is 6.05. The van der Waals surface area contributed by atoms with Crippen LogP contribution in [0.2, 0.25) is 5.02 Å². The number of hydrogen-bond donors (Lipinski definition) is 2. The molecule has 0 unspecified atom stereocenters. The predicted octanol–water partition coefficient (Wildman–Crippen LogP) is 2.88. The van der Waals surface area contributed by atoms with E-state index < -0.39 is 0 Å². The van der Waals surface area contributed by atoms with E-state index in [1.165, 1.54) is 14.2 Å². The molecule has 2 N–H and O–H groups in total. The minimum Gasteiger partial charge on any atom is -0.495 e. The molecule has 0 radical (unpaired) electrons. The van der Waals surface area contributed by atoms with Crippen LogP contribution in [0.3, 0.4) is 0 Å². The first-order valence-corrected chi connectivity index (χ1v) is 7.03. The number of rotatable bonds is 4. The lowest BCUT2D eigenvalue weighted by Gasteiger charge is -2.13. The van der Waals surface area contributed by atoms with Gasteiger partial charge in [-0.15, -0.1) is 0 Å². The summed E-state index contributed by atoms with van der Waals surface area (Å²) in [5, 5.41) is 13.6. The molecule has 0 aliphatic rings. The van der Waals surface area contributed by atoms with Gasteiger partial charge < -0.3 is 14.8 Å². The molecule has 8 heteroatoms. The predicted molar refractivity (Wildman–Crippen MR) is 86.4 cm³/mol. The Morgan fingerprint density at radius 2 is 1.83 bits per heavy atom. The Bertz CT molecular complexity index is 878. The average molecular weight is 333 g/mol. The second-order valence-electron chi connectivity index (χ2n) is 4.67. The Morgan fingerprint density at radius 3 is 2.57 bits per heavy atom. The molecule has 23 heavy (non-hydrogen) atoms. The summed E-state index contributed by atoms with van der Waals surface area (Å²) in [5.41, 5.74) is 2.20. The van der Waals surface area contributed by atoms with E-state index in [1.54, 1.807) is 30.3 Å². The average Bonchev–Trinajstić information content (AvgIpc) is 3.03. The SMILES string of the molecule is COc1cc(NC(=O)c2ccc3n[nH]nc3c2)c(OC)cc1Cl. The number of ether oxygens (including phenoxy) is 2. The van der Waals surface area contributed by atoms with Gasteiger partial charge in [-0.3, -0.25) is 4.79 Å². The normalized spacial score (nSPS) is 10.6. The van der Waals surface area contributed by atoms with Crippen molar-refractivity contribution < 1.29 is 14.3 Å². The van der Waals surface area contributed by atoms with Crippen molar-refractivity contribution in [1.29, 1.82) is 0 Å². The maximum atomic E-state index is 12.4. The molecule has 3 rings (SSSR count). The van der Waals surface area contributed by atoms with Crippen LogP contribution in [0.15, 0.2) is 30.3 Å². The Balaban J connectivity index is 1.92. The molecule has 0 bridgehead atoms. The zero-order valence-corrected chi connectivity index (χ0v) is 13.1. The third kappa shape index (κ3) is 2.91. The fourth-order valence-electron chi connectivity index (χ4n) is 2.13. The number of methoxy groups -OCH3 is 2. The molecule has 118 valence electrons. The molecule has 0 saturated carbocycles. The van der Waals surface area contributed by atoms with Gasteiger partial charge in [0.05, 0.1) is 24.9 Å². The quantitative estimate of drug-likeness (QED) is 0.766. The Kier molecular flexibility index (Phi) is 4.03. The number of hydrogen-bond acceptors (Lipinski definition) is 5. The van der Waals surface area contributed by atoms with Gasteiger partial charge in [0.15, 0.2) is 0 Å². The summed E-state index contributed by atoms with van der Waals surface area (Å²) in [6.07, 6.45) is 0. The third-order valence-electron chi connectivity index (χ3n) is 3.30. The van der Waals surface area contributed by atoms with Crippen molar-refractivity contribution in [2.24, 2.45) is 0 Å². The molecule has 7 nitrogen and oxygen atoms in total. The van der Waals surface area contributed by atoms with Crippen LogP contribution < -0.4 is 14.8 Å². The molecular formula is C15H13ClN4O3. The molecule has 0 atom stereocenters.